The molecule has 0 unspecified atom stereocenters. The third-order valence-corrected chi connectivity index (χ3v) is 5.31. The third kappa shape index (κ3) is 4.60. The van der Waals surface area contributed by atoms with Crippen molar-refractivity contribution in [1.82, 2.24) is 20.6 Å². The topological polar surface area (TPSA) is 65.1 Å². The van der Waals surface area contributed by atoms with Gasteiger partial charge in [0.25, 0.3) is 0 Å². The van der Waals surface area contributed by atoms with Gasteiger partial charge >= 0.3 is 0 Å². The summed E-state index contributed by atoms with van der Waals surface area (Å²) in [5.41, 5.74) is 2.58. The number of H-pyrrole nitrogens is 1. The Labute approximate surface area is 152 Å². The summed E-state index contributed by atoms with van der Waals surface area (Å²) in [4.78, 5) is 13.4. The van der Waals surface area contributed by atoms with Gasteiger partial charge in [0.15, 0.2) is 5.96 Å². The number of rotatable bonds is 7. The van der Waals surface area contributed by atoms with Gasteiger partial charge in [-0.15, -0.1) is 11.3 Å². The Balaban J connectivity index is 1.42. The van der Waals surface area contributed by atoms with E-state index in [1.165, 1.54) is 21.3 Å². The van der Waals surface area contributed by atoms with Crippen LogP contribution in [0.25, 0.3) is 10.9 Å². The molecule has 0 amide bonds. The maximum Gasteiger partial charge on any atom is 0.191 e. The zero-order valence-corrected chi connectivity index (χ0v) is 15.6. The van der Waals surface area contributed by atoms with Crippen LogP contribution in [-0.2, 0) is 19.4 Å². The second kappa shape index (κ2) is 8.67. The van der Waals surface area contributed by atoms with Gasteiger partial charge in [0.05, 0.1) is 6.54 Å². The van der Waals surface area contributed by atoms with Crippen LogP contribution in [0.1, 0.15) is 28.8 Å². The molecular weight excluding hydrogens is 330 g/mol. The fourth-order valence-electron chi connectivity index (χ4n) is 2.80. The average molecular weight is 356 g/mol. The highest BCUT2D eigenvalue weighted by Gasteiger charge is 2.04. The first-order valence-electron chi connectivity index (χ1n) is 8.73. The van der Waals surface area contributed by atoms with Crippen LogP contribution in [0, 0.1) is 0 Å². The molecule has 0 aliphatic heterocycles. The minimum atomic E-state index is 0.715. The lowest BCUT2D eigenvalue weighted by Crippen LogP contribution is -2.37. The summed E-state index contributed by atoms with van der Waals surface area (Å²) in [6.45, 7) is 3.75. The van der Waals surface area contributed by atoms with Crippen molar-refractivity contribution in [2.24, 2.45) is 4.99 Å². The smallest absolute Gasteiger partial charge is 0.191 e. The molecule has 0 aliphatic rings. The first-order chi connectivity index (χ1) is 12.3. The molecule has 0 bridgehead atoms. The van der Waals surface area contributed by atoms with E-state index in [9.17, 15) is 0 Å². The Kier molecular flexibility index (Phi) is 6.06. The summed E-state index contributed by atoms with van der Waals surface area (Å²) in [7, 11) is 1.80. The average Bonchev–Trinajstić information content (AvgIpc) is 3.28. The minimum absolute atomic E-state index is 0.715. The molecule has 0 atom stereocenters. The molecule has 0 saturated carbocycles. The summed E-state index contributed by atoms with van der Waals surface area (Å²) < 4.78 is 0. The largest absolute Gasteiger partial charge is 0.361 e. The highest BCUT2D eigenvalue weighted by Crippen LogP contribution is 2.18. The number of aryl methyl sites for hydroxylation is 2. The van der Waals surface area contributed by atoms with E-state index in [0.29, 0.717) is 6.54 Å². The summed E-state index contributed by atoms with van der Waals surface area (Å²) in [5.74, 6) is 0.826. The van der Waals surface area contributed by atoms with Gasteiger partial charge in [-0.05, 0) is 30.9 Å². The molecule has 0 aliphatic carbocycles. The van der Waals surface area contributed by atoms with Gasteiger partial charge < -0.3 is 15.6 Å². The molecule has 25 heavy (non-hydrogen) atoms. The lowest BCUT2D eigenvalue weighted by Gasteiger charge is -2.10. The second-order valence-electron chi connectivity index (χ2n) is 5.89. The first-order valence-corrected chi connectivity index (χ1v) is 9.55. The molecule has 1 aromatic carbocycles. The van der Waals surface area contributed by atoms with E-state index in [-0.39, 0.29) is 0 Å². The van der Waals surface area contributed by atoms with E-state index in [4.69, 9.17) is 0 Å². The van der Waals surface area contributed by atoms with E-state index in [1.54, 1.807) is 18.4 Å². The predicted octanol–water partition coefficient (Wildman–Crippen LogP) is 3.48. The van der Waals surface area contributed by atoms with Crippen LogP contribution in [0.2, 0.25) is 0 Å². The number of hydrogen-bond donors (Lipinski definition) is 3. The van der Waals surface area contributed by atoms with Crippen molar-refractivity contribution in [3.63, 3.8) is 0 Å². The van der Waals surface area contributed by atoms with Crippen molar-refractivity contribution >= 4 is 28.2 Å². The second-order valence-corrected chi connectivity index (χ2v) is 7.09. The summed E-state index contributed by atoms with van der Waals surface area (Å²) in [6.07, 6.45) is 7.21. The number of nitrogens with zero attached hydrogens (tertiary/aromatic N) is 2. The van der Waals surface area contributed by atoms with E-state index in [0.717, 1.165) is 36.8 Å². The monoisotopic (exact) mass is 355 g/mol. The maximum absolute atomic E-state index is 4.42. The van der Waals surface area contributed by atoms with Crippen LogP contribution < -0.4 is 10.6 Å². The summed E-state index contributed by atoms with van der Waals surface area (Å²) in [5, 5.41) is 9.12. The van der Waals surface area contributed by atoms with Crippen molar-refractivity contribution in [3.8, 4) is 0 Å². The molecule has 0 saturated heterocycles. The number of para-hydroxylation sites is 1. The van der Waals surface area contributed by atoms with Crippen LogP contribution >= 0.6 is 11.3 Å². The number of fused-ring (bicyclic) bond motifs is 1. The van der Waals surface area contributed by atoms with Gasteiger partial charge in [-0.25, -0.2) is 4.98 Å². The Morgan fingerprint density at radius 3 is 2.96 bits per heavy atom. The number of aromatic amines is 1. The zero-order chi connectivity index (χ0) is 17.5. The van der Waals surface area contributed by atoms with Crippen LogP contribution in [0.4, 0.5) is 0 Å². The molecule has 132 valence electrons. The number of hydrogen-bond acceptors (Lipinski definition) is 3. The first kappa shape index (κ1) is 17.5. The lowest BCUT2D eigenvalue weighted by molar-refractivity contribution is 0.743. The predicted molar refractivity (Wildman–Crippen MR) is 106 cm³/mol. The van der Waals surface area contributed by atoms with Crippen molar-refractivity contribution in [2.45, 2.75) is 32.7 Å². The molecule has 3 N–H and O–H groups in total. The van der Waals surface area contributed by atoms with Crippen LogP contribution in [-0.4, -0.2) is 29.5 Å². The number of nitrogens with one attached hydrogen (secondary N) is 3. The van der Waals surface area contributed by atoms with Crippen molar-refractivity contribution in [3.05, 3.63) is 52.1 Å². The maximum atomic E-state index is 4.42. The van der Waals surface area contributed by atoms with E-state index < -0.39 is 0 Å². The summed E-state index contributed by atoms with van der Waals surface area (Å²) in [6, 6.07) is 8.44. The fraction of sp³-hybridized carbons (Fsp3) is 0.368. The van der Waals surface area contributed by atoms with E-state index in [1.807, 2.05) is 6.20 Å². The van der Waals surface area contributed by atoms with Crippen molar-refractivity contribution < 1.29 is 0 Å². The molecule has 3 rings (SSSR count). The highest BCUT2D eigenvalue weighted by atomic mass is 32.1. The highest BCUT2D eigenvalue weighted by molar-refractivity contribution is 7.11. The van der Waals surface area contributed by atoms with E-state index >= 15 is 0 Å². The van der Waals surface area contributed by atoms with Gasteiger partial charge in [0.2, 0.25) is 0 Å². The Bertz CT molecular complexity index is 833. The number of aliphatic imine (C=N–C) groups is 1. The standard InChI is InChI=1S/C19H25N5S/c1-3-15-12-23-18(25-15)13-24-19(20-2)21-10-6-7-14-11-22-17-9-5-4-8-16(14)17/h4-5,8-9,11-12,22H,3,6-7,10,13H2,1-2H3,(H2,20,21,24). The van der Waals surface area contributed by atoms with Gasteiger partial charge in [0.1, 0.15) is 5.01 Å². The molecule has 5 nitrogen and oxygen atoms in total. The molecule has 0 fully saturated rings. The number of aromatic nitrogens is 2. The van der Waals surface area contributed by atoms with Gasteiger partial charge in [-0.2, -0.15) is 0 Å². The summed E-state index contributed by atoms with van der Waals surface area (Å²) >= 11 is 1.75. The number of guanidine groups is 1. The van der Waals surface area contributed by atoms with Crippen molar-refractivity contribution in [2.75, 3.05) is 13.6 Å². The normalized spacial score (nSPS) is 11.8. The van der Waals surface area contributed by atoms with E-state index in [2.05, 4.69) is 63.0 Å². The minimum Gasteiger partial charge on any atom is -0.361 e. The third-order valence-electron chi connectivity index (χ3n) is 4.17. The Morgan fingerprint density at radius 1 is 1.28 bits per heavy atom. The molecule has 6 heteroatoms. The van der Waals surface area contributed by atoms with Gasteiger partial charge in [0, 0.05) is 41.8 Å². The van der Waals surface area contributed by atoms with Gasteiger partial charge in [-0.3, -0.25) is 4.99 Å². The SMILES string of the molecule is CCc1cnc(CNC(=NC)NCCCc2c[nH]c3ccccc23)s1. The Hall–Kier alpha value is -2.34. The molecule has 0 radical (unpaired) electrons. The molecular formula is C19H25N5S. The Morgan fingerprint density at radius 2 is 2.16 bits per heavy atom. The molecule has 2 heterocycles. The van der Waals surface area contributed by atoms with Crippen LogP contribution in [0.3, 0.4) is 0 Å². The molecule has 3 aromatic rings. The number of thiazole rings is 1. The lowest BCUT2D eigenvalue weighted by atomic mass is 10.1. The van der Waals surface area contributed by atoms with Crippen molar-refractivity contribution in [1.29, 1.82) is 0 Å². The number of benzene rings is 1. The molecule has 0 spiro atoms. The van der Waals surface area contributed by atoms with Crippen LogP contribution in [0.5, 0.6) is 0 Å². The molecule has 2 aromatic heterocycles. The zero-order valence-electron chi connectivity index (χ0n) is 14.8. The quantitative estimate of drug-likeness (QED) is 0.345. The van der Waals surface area contributed by atoms with Crippen LogP contribution in [0.15, 0.2) is 41.7 Å². The fourth-order valence-corrected chi connectivity index (χ4v) is 3.60. The van der Waals surface area contributed by atoms with Gasteiger partial charge in [-0.1, -0.05) is 25.1 Å².